The van der Waals surface area contributed by atoms with Crippen molar-refractivity contribution in [1.29, 1.82) is 0 Å². The van der Waals surface area contributed by atoms with E-state index in [-0.39, 0.29) is 10.8 Å². The zero-order valence-electron chi connectivity index (χ0n) is 18.0. The van der Waals surface area contributed by atoms with Gasteiger partial charge in [0.15, 0.2) is 0 Å². The van der Waals surface area contributed by atoms with Gasteiger partial charge in [0, 0.05) is 38.3 Å². The van der Waals surface area contributed by atoms with Crippen molar-refractivity contribution in [2.45, 2.75) is 31.6 Å². The second kappa shape index (κ2) is 9.73. The topological polar surface area (TPSA) is 69.7 Å². The third kappa shape index (κ3) is 5.47. The van der Waals surface area contributed by atoms with Crippen LogP contribution in [-0.4, -0.2) is 63.3 Å². The number of hydrogen-bond donors (Lipinski definition) is 1. The quantitative estimate of drug-likeness (QED) is 0.687. The monoisotopic (exact) mass is 429 g/mol. The minimum atomic E-state index is -3.60. The number of carbonyl (C=O) groups is 1. The Morgan fingerprint density at radius 1 is 1.00 bits per heavy atom. The van der Waals surface area contributed by atoms with Crippen LogP contribution in [0.25, 0.3) is 0 Å². The first-order valence-electron chi connectivity index (χ1n) is 10.4. The molecule has 0 atom stereocenters. The van der Waals surface area contributed by atoms with Crippen molar-refractivity contribution in [2.75, 3.05) is 39.8 Å². The Bertz CT molecular complexity index is 979. The number of rotatable bonds is 7. The summed E-state index contributed by atoms with van der Waals surface area (Å²) < 4.78 is 27.5. The van der Waals surface area contributed by atoms with E-state index in [1.807, 2.05) is 14.0 Å². The van der Waals surface area contributed by atoms with Crippen LogP contribution < -0.4 is 5.32 Å². The third-order valence-corrected chi connectivity index (χ3v) is 7.50. The van der Waals surface area contributed by atoms with Crippen LogP contribution in [-0.2, 0) is 16.4 Å². The van der Waals surface area contributed by atoms with Crippen molar-refractivity contribution in [2.24, 2.45) is 0 Å². The van der Waals surface area contributed by atoms with E-state index in [1.54, 1.807) is 12.1 Å². The number of nitrogens with zero attached hydrogens (tertiary/aromatic N) is 2. The molecule has 0 spiro atoms. The zero-order valence-corrected chi connectivity index (χ0v) is 18.8. The van der Waals surface area contributed by atoms with Gasteiger partial charge in [0.2, 0.25) is 10.0 Å². The number of piperazine rings is 1. The average Bonchev–Trinajstić information content (AvgIpc) is 2.73. The number of likely N-dealkylation sites (N-methyl/N-ethyl adjacent to an activating group) is 1. The largest absolute Gasteiger partial charge is 0.352 e. The Morgan fingerprint density at radius 3 is 2.33 bits per heavy atom. The third-order valence-electron chi connectivity index (χ3n) is 5.60. The summed E-state index contributed by atoms with van der Waals surface area (Å²) in [6, 6.07) is 13.2. The van der Waals surface area contributed by atoms with E-state index in [4.69, 9.17) is 0 Å². The Hall–Kier alpha value is -2.22. The molecular weight excluding hydrogens is 398 g/mol. The summed E-state index contributed by atoms with van der Waals surface area (Å²) >= 11 is 0. The summed E-state index contributed by atoms with van der Waals surface area (Å²) in [6.07, 6.45) is 1.71. The van der Waals surface area contributed by atoms with Crippen molar-refractivity contribution in [1.82, 2.24) is 14.5 Å². The maximum atomic E-state index is 13.0. The van der Waals surface area contributed by atoms with E-state index in [0.717, 1.165) is 18.4 Å². The summed E-state index contributed by atoms with van der Waals surface area (Å²) in [7, 11) is -1.61. The molecule has 0 bridgehead atoms. The maximum Gasteiger partial charge on any atom is 0.251 e. The van der Waals surface area contributed by atoms with Gasteiger partial charge in [0.05, 0.1) is 4.90 Å². The van der Waals surface area contributed by atoms with Gasteiger partial charge < -0.3 is 10.2 Å². The molecule has 162 valence electrons. The summed E-state index contributed by atoms with van der Waals surface area (Å²) in [6.45, 7) is 6.78. The van der Waals surface area contributed by atoms with Crippen molar-refractivity contribution >= 4 is 15.9 Å². The number of nitrogens with one attached hydrogen (secondary N) is 1. The van der Waals surface area contributed by atoms with Crippen LogP contribution in [0.4, 0.5) is 0 Å². The molecule has 0 radical (unpaired) electrons. The van der Waals surface area contributed by atoms with Crippen molar-refractivity contribution in [3.05, 3.63) is 64.7 Å². The van der Waals surface area contributed by atoms with E-state index < -0.39 is 10.0 Å². The van der Waals surface area contributed by atoms with E-state index in [9.17, 15) is 13.2 Å². The molecule has 7 heteroatoms. The fourth-order valence-corrected chi connectivity index (χ4v) is 4.98. The second-order valence-corrected chi connectivity index (χ2v) is 9.97. The van der Waals surface area contributed by atoms with Gasteiger partial charge in [-0.3, -0.25) is 4.79 Å². The fraction of sp³-hybridized carbons (Fsp3) is 0.435. The highest BCUT2D eigenvalue weighted by atomic mass is 32.2. The van der Waals surface area contributed by atoms with Crippen LogP contribution in [0.3, 0.4) is 0 Å². The lowest BCUT2D eigenvalue weighted by atomic mass is 10.1. The number of aryl methyl sites for hydroxylation is 3. The molecule has 1 fully saturated rings. The standard InChI is InChI=1S/C23H31N3O3S/c1-18-6-9-20(10-7-18)5-4-12-24-23(27)22-17-21(11-8-19(22)2)30(28,29)26-15-13-25(3)14-16-26/h6-11,17H,4-5,12-16H2,1-3H3,(H,24,27). The number of hydrogen-bond acceptors (Lipinski definition) is 4. The Labute approximate surface area is 179 Å². The molecular formula is C23H31N3O3S. The molecule has 0 saturated carbocycles. The molecule has 1 aliphatic rings. The highest BCUT2D eigenvalue weighted by molar-refractivity contribution is 7.89. The van der Waals surface area contributed by atoms with Crippen molar-refractivity contribution in [3.8, 4) is 0 Å². The van der Waals surface area contributed by atoms with E-state index in [1.165, 1.54) is 21.5 Å². The van der Waals surface area contributed by atoms with Gasteiger partial charge in [-0.05, 0) is 57.0 Å². The zero-order chi connectivity index (χ0) is 21.7. The molecule has 2 aromatic carbocycles. The Morgan fingerprint density at radius 2 is 1.67 bits per heavy atom. The van der Waals surface area contributed by atoms with Gasteiger partial charge in [-0.2, -0.15) is 4.31 Å². The normalized spacial score (nSPS) is 15.8. The lowest BCUT2D eigenvalue weighted by Gasteiger charge is -2.31. The van der Waals surface area contributed by atoms with Crippen LogP contribution >= 0.6 is 0 Å². The molecule has 30 heavy (non-hydrogen) atoms. The van der Waals surface area contributed by atoms with Gasteiger partial charge in [0.1, 0.15) is 0 Å². The summed E-state index contributed by atoms with van der Waals surface area (Å²) in [5.74, 6) is -0.230. The van der Waals surface area contributed by atoms with Gasteiger partial charge >= 0.3 is 0 Å². The summed E-state index contributed by atoms with van der Waals surface area (Å²) in [5, 5.41) is 2.93. The second-order valence-electron chi connectivity index (χ2n) is 8.03. The smallest absolute Gasteiger partial charge is 0.251 e. The van der Waals surface area contributed by atoms with Crippen molar-refractivity contribution < 1.29 is 13.2 Å². The van der Waals surface area contributed by atoms with Crippen LogP contribution in [0.5, 0.6) is 0 Å². The van der Waals surface area contributed by atoms with Crippen LogP contribution in [0.15, 0.2) is 47.4 Å². The molecule has 1 heterocycles. The van der Waals surface area contributed by atoms with Crippen LogP contribution in [0, 0.1) is 13.8 Å². The number of amides is 1. The Balaban J connectivity index is 1.62. The Kier molecular flexibility index (Phi) is 7.28. The van der Waals surface area contributed by atoms with Crippen molar-refractivity contribution in [3.63, 3.8) is 0 Å². The molecule has 2 aromatic rings. The first-order valence-corrected chi connectivity index (χ1v) is 11.8. The number of carbonyl (C=O) groups excluding carboxylic acids is 1. The predicted octanol–water partition coefficient (Wildman–Crippen LogP) is 2.60. The first-order chi connectivity index (χ1) is 14.3. The van der Waals surface area contributed by atoms with E-state index >= 15 is 0 Å². The molecule has 1 saturated heterocycles. The van der Waals surface area contributed by atoms with Crippen LogP contribution in [0.2, 0.25) is 0 Å². The highest BCUT2D eigenvalue weighted by Gasteiger charge is 2.28. The minimum Gasteiger partial charge on any atom is -0.352 e. The molecule has 3 rings (SSSR count). The lowest BCUT2D eigenvalue weighted by molar-refractivity contribution is 0.0952. The van der Waals surface area contributed by atoms with E-state index in [2.05, 4.69) is 41.4 Å². The molecule has 0 unspecified atom stereocenters. The molecule has 6 nitrogen and oxygen atoms in total. The fourth-order valence-electron chi connectivity index (χ4n) is 3.53. The highest BCUT2D eigenvalue weighted by Crippen LogP contribution is 2.21. The van der Waals surface area contributed by atoms with E-state index in [0.29, 0.717) is 38.3 Å². The maximum absolute atomic E-state index is 13.0. The SMILES string of the molecule is Cc1ccc(CCCNC(=O)c2cc(S(=O)(=O)N3CCN(C)CC3)ccc2C)cc1. The average molecular weight is 430 g/mol. The number of benzene rings is 2. The molecule has 0 aliphatic carbocycles. The predicted molar refractivity (Wildman–Crippen MR) is 119 cm³/mol. The van der Waals surface area contributed by atoms with Gasteiger partial charge in [0.25, 0.3) is 5.91 Å². The molecule has 1 aliphatic heterocycles. The van der Waals surface area contributed by atoms with Gasteiger partial charge in [-0.1, -0.05) is 35.9 Å². The molecule has 0 aromatic heterocycles. The van der Waals surface area contributed by atoms with Gasteiger partial charge in [-0.15, -0.1) is 0 Å². The molecule has 1 N–H and O–H groups in total. The summed E-state index contributed by atoms with van der Waals surface area (Å²) in [5.41, 5.74) is 3.66. The van der Waals surface area contributed by atoms with Crippen LogP contribution in [0.1, 0.15) is 33.5 Å². The number of sulfonamides is 1. The summed E-state index contributed by atoms with van der Waals surface area (Å²) in [4.78, 5) is 15.0. The first kappa shape index (κ1) is 22.5. The minimum absolute atomic E-state index is 0.183. The van der Waals surface area contributed by atoms with Gasteiger partial charge in [-0.25, -0.2) is 8.42 Å². The molecule has 1 amide bonds. The lowest BCUT2D eigenvalue weighted by Crippen LogP contribution is -2.47.